The van der Waals surface area contributed by atoms with E-state index in [2.05, 4.69) is 27.5 Å². The number of benzene rings is 2. The Morgan fingerprint density at radius 3 is 2.11 bits per heavy atom. The Kier molecular flexibility index (Phi) is 9.17. The highest BCUT2D eigenvalue weighted by Gasteiger charge is 2.35. The number of hydrogen-bond donors (Lipinski definition) is 2. The van der Waals surface area contributed by atoms with Gasteiger partial charge in [0.15, 0.2) is 0 Å². The number of unbranched alkanes of at least 4 members (excludes halogenated alkanes) is 2. The summed E-state index contributed by atoms with van der Waals surface area (Å²) in [6.07, 6.45) is 0.255. The molecule has 0 bridgehead atoms. The Hall–Kier alpha value is -3.49. The van der Waals surface area contributed by atoms with Crippen molar-refractivity contribution in [1.82, 2.24) is 9.97 Å². The molecule has 0 saturated heterocycles. The fourth-order valence-corrected chi connectivity index (χ4v) is 3.12. The fourth-order valence-electron chi connectivity index (χ4n) is 3.12. The van der Waals surface area contributed by atoms with Crippen LogP contribution in [-0.2, 0) is 6.18 Å². The normalized spacial score (nSPS) is 12.2. The molecule has 0 amide bonds. The van der Waals surface area contributed by atoms with Gasteiger partial charge < -0.3 is 20.1 Å². The van der Waals surface area contributed by atoms with Crippen molar-refractivity contribution in [3.8, 4) is 11.5 Å². The SMILES string of the molecule is CCCCCOc1ccc(Nc2nc(Nc3ccc(OC(C)CC)cc3)ncc2C(F)(F)F)cc1. The molecule has 1 unspecified atom stereocenters. The average molecular weight is 489 g/mol. The second kappa shape index (κ2) is 12.3. The molecular formula is C26H31F3N4O2. The molecule has 35 heavy (non-hydrogen) atoms. The van der Waals surface area contributed by atoms with Crippen LogP contribution in [0.4, 0.5) is 36.3 Å². The smallest absolute Gasteiger partial charge is 0.421 e. The molecule has 0 spiro atoms. The van der Waals surface area contributed by atoms with Crippen molar-refractivity contribution in [3.63, 3.8) is 0 Å². The van der Waals surface area contributed by atoms with Crippen LogP contribution in [0.25, 0.3) is 0 Å². The lowest BCUT2D eigenvalue weighted by Crippen LogP contribution is -2.12. The molecule has 3 rings (SSSR count). The quantitative estimate of drug-likeness (QED) is 0.254. The first-order valence-electron chi connectivity index (χ1n) is 11.8. The number of anilines is 4. The molecule has 0 saturated carbocycles. The number of ether oxygens (including phenoxy) is 2. The number of hydrogen-bond acceptors (Lipinski definition) is 6. The molecule has 0 aliphatic heterocycles. The lowest BCUT2D eigenvalue weighted by Gasteiger charge is -2.16. The van der Waals surface area contributed by atoms with Gasteiger partial charge in [-0.1, -0.05) is 26.7 Å². The zero-order valence-corrected chi connectivity index (χ0v) is 20.2. The van der Waals surface area contributed by atoms with E-state index < -0.39 is 11.7 Å². The number of nitrogens with zero attached hydrogens (tertiary/aromatic N) is 2. The molecule has 6 nitrogen and oxygen atoms in total. The van der Waals surface area contributed by atoms with Gasteiger partial charge in [0.25, 0.3) is 0 Å². The average Bonchev–Trinajstić information content (AvgIpc) is 2.83. The van der Waals surface area contributed by atoms with Crippen LogP contribution in [0.5, 0.6) is 11.5 Å². The predicted octanol–water partition coefficient (Wildman–Crippen LogP) is 7.73. The number of rotatable bonds is 12. The molecule has 0 aliphatic carbocycles. The van der Waals surface area contributed by atoms with Gasteiger partial charge in [-0.05, 0) is 68.3 Å². The Labute approximate surface area is 203 Å². The standard InChI is InChI=1S/C26H31F3N4O2/c1-4-6-7-16-34-21-12-8-19(9-13-21)31-24-23(26(27,28)29)17-30-25(33-24)32-20-10-14-22(15-11-20)35-18(3)5-2/h8-15,17-18H,4-7,16H2,1-3H3,(H2,30,31,32,33). The molecule has 0 radical (unpaired) electrons. The topological polar surface area (TPSA) is 68.3 Å². The van der Waals surface area contributed by atoms with Crippen molar-refractivity contribution in [1.29, 1.82) is 0 Å². The Bertz CT molecular complexity index is 1060. The molecule has 1 atom stereocenters. The minimum Gasteiger partial charge on any atom is -0.494 e. The zero-order chi connectivity index (χ0) is 25.3. The number of nitrogens with one attached hydrogen (secondary N) is 2. The Morgan fingerprint density at radius 2 is 1.51 bits per heavy atom. The highest BCUT2D eigenvalue weighted by molar-refractivity contribution is 5.63. The third kappa shape index (κ3) is 8.05. The fraction of sp³-hybridized carbons (Fsp3) is 0.385. The van der Waals surface area contributed by atoms with Crippen molar-refractivity contribution < 1.29 is 22.6 Å². The van der Waals surface area contributed by atoms with E-state index in [-0.39, 0.29) is 17.9 Å². The van der Waals surface area contributed by atoms with Crippen LogP contribution in [0.1, 0.15) is 52.0 Å². The molecule has 2 aromatic carbocycles. The summed E-state index contributed by atoms with van der Waals surface area (Å²) < 4.78 is 52.1. The van der Waals surface area contributed by atoms with E-state index in [0.717, 1.165) is 31.9 Å². The van der Waals surface area contributed by atoms with Gasteiger partial charge in [0, 0.05) is 17.6 Å². The van der Waals surface area contributed by atoms with E-state index in [4.69, 9.17) is 9.47 Å². The summed E-state index contributed by atoms with van der Waals surface area (Å²) >= 11 is 0. The summed E-state index contributed by atoms with van der Waals surface area (Å²) in [5, 5.41) is 5.70. The van der Waals surface area contributed by atoms with Crippen LogP contribution in [0.3, 0.4) is 0 Å². The van der Waals surface area contributed by atoms with Gasteiger partial charge >= 0.3 is 6.18 Å². The van der Waals surface area contributed by atoms with Crippen LogP contribution in [0.2, 0.25) is 0 Å². The molecule has 3 aromatic rings. The van der Waals surface area contributed by atoms with Crippen molar-refractivity contribution >= 4 is 23.1 Å². The summed E-state index contributed by atoms with van der Waals surface area (Å²) in [7, 11) is 0. The van der Waals surface area contributed by atoms with Crippen LogP contribution >= 0.6 is 0 Å². The van der Waals surface area contributed by atoms with Crippen LogP contribution in [-0.4, -0.2) is 22.7 Å². The monoisotopic (exact) mass is 488 g/mol. The van der Waals surface area contributed by atoms with Gasteiger partial charge in [0.1, 0.15) is 22.9 Å². The van der Waals surface area contributed by atoms with E-state index in [1.54, 1.807) is 48.5 Å². The third-order valence-electron chi connectivity index (χ3n) is 5.25. The molecular weight excluding hydrogens is 457 g/mol. The van der Waals surface area contributed by atoms with Crippen molar-refractivity contribution in [2.75, 3.05) is 17.2 Å². The number of halogens is 3. The van der Waals surface area contributed by atoms with Gasteiger partial charge in [0.05, 0.1) is 12.7 Å². The maximum absolute atomic E-state index is 13.6. The van der Waals surface area contributed by atoms with Gasteiger partial charge in [-0.2, -0.15) is 18.2 Å². The molecule has 1 aromatic heterocycles. The predicted molar refractivity (Wildman–Crippen MR) is 132 cm³/mol. The summed E-state index contributed by atoms with van der Waals surface area (Å²) in [6, 6.07) is 13.8. The van der Waals surface area contributed by atoms with Crippen LogP contribution < -0.4 is 20.1 Å². The zero-order valence-electron chi connectivity index (χ0n) is 20.2. The third-order valence-corrected chi connectivity index (χ3v) is 5.25. The minimum atomic E-state index is -4.61. The lowest BCUT2D eigenvalue weighted by atomic mass is 10.2. The van der Waals surface area contributed by atoms with E-state index in [1.807, 2.05) is 13.8 Å². The maximum atomic E-state index is 13.6. The summed E-state index contributed by atoms with van der Waals surface area (Å²) in [6.45, 7) is 6.73. The van der Waals surface area contributed by atoms with Crippen molar-refractivity contribution in [2.24, 2.45) is 0 Å². The Morgan fingerprint density at radius 1 is 0.886 bits per heavy atom. The van der Waals surface area contributed by atoms with E-state index in [9.17, 15) is 13.2 Å². The molecule has 2 N–H and O–H groups in total. The van der Waals surface area contributed by atoms with E-state index in [1.165, 1.54) is 0 Å². The second-order valence-electron chi connectivity index (χ2n) is 8.14. The maximum Gasteiger partial charge on any atom is 0.421 e. The van der Waals surface area contributed by atoms with E-state index >= 15 is 0 Å². The number of alkyl halides is 3. The molecule has 0 aliphatic rings. The first kappa shape index (κ1) is 26.1. The molecule has 1 heterocycles. The highest BCUT2D eigenvalue weighted by atomic mass is 19.4. The molecule has 188 valence electrons. The minimum absolute atomic E-state index is 0.0342. The summed E-state index contributed by atoms with van der Waals surface area (Å²) in [5.74, 6) is 1.06. The summed E-state index contributed by atoms with van der Waals surface area (Å²) in [4.78, 5) is 7.95. The van der Waals surface area contributed by atoms with Gasteiger partial charge in [-0.15, -0.1) is 0 Å². The second-order valence-corrected chi connectivity index (χ2v) is 8.14. The molecule has 0 fully saturated rings. The first-order chi connectivity index (χ1) is 16.8. The Balaban J connectivity index is 1.73. The largest absolute Gasteiger partial charge is 0.494 e. The van der Waals surface area contributed by atoms with Crippen molar-refractivity contribution in [3.05, 3.63) is 60.3 Å². The lowest BCUT2D eigenvalue weighted by molar-refractivity contribution is -0.137. The number of aromatic nitrogens is 2. The molecule has 9 heteroatoms. The van der Waals surface area contributed by atoms with Crippen LogP contribution in [0, 0.1) is 0 Å². The van der Waals surface area contributed by atoms with E-state index in [0.29, 0.717) is 29.5 Å². The highest BCUT2D eigenvalue weighted by Crippen LogP contribution is 2.35. The first-order valence-corrected chi connectivity index (χ1v) is 11.8. The summed E-state index contributed by atoms with van der Waals surface area (Å²) in [5.41, 5.74) is 0.115. The van der Waals surface area contributed by atoms with Gasteiger partial charge in [-0.25, -0.2) is 4.98 Å². The van der Waals surface area contributed by atoms with Crippen LogP contribution in [0.15, 0.2) is 54.7 Å². The van der Waals surface area contributed by atoms with Gasteiger partial charge in [-0.3, -0.25) is 0 Å². The van der Waals surface area contributed by atoms with Gasteiger partial charge in [0.2, 0.25) is 5.95 Å². The van der Waals surface area contributed by atoms with Crippen molar-refractivity contribution in [2.45, 2.75) is 58.7 Å².